The number of carbonyl (C=O) groups is 2. The number of carbonyl (C=O) groups excluding carboxylic acids is 2. The minimum Gasteiger partial charge on any atom is -0.496 e. The number of nitrogens with one attached hydrogen (secondary N) is 2. The first-order valence-electron chi connectivity index (χ1n) is 6.97. The fraction of sp³-hybridized carbons (Fsp3) is 0.176. The topological polar surface area (TPSA) is 67.4 Å². The molecule has 0 radical (unpaired) electrons. The van der Waals surface area contributed by atoms with Gasteiger partial charge in [0.25, 0.3) is 0 Å². The molecular weight excluding hydrogens is 280 g/mol. The second-order valence-corrected chi connectivity index (χ2v) is 4.64. The maximum Gasteiger partial charge on any atom is 0.313 e. The Kier molecular flexibility index (Phi) is 5.54. The van der Waals surface area contributed by atoms with E-state index in [1.54, 1.807) is 31.4 Å². The smallest absolute Gasteiger partial charge is 0.313 e. The summed E-state index contributed by atoms with van der Waals surface area (Å²) in [5.74, 6) is -0.560. The summed E-state index contributed by atoms with van der Waals surface area (Å²) in [6, 6.07) is 16.4. The van der Waals surface area contributed by atoms with E-state index in [-0.39, 0.29) is 0 Å². The van der Waals surface area contributed by atoms with Gasteiger partial charge in [-0.25, -0.2) is 0 Å². The van der Waals surface area contributed by atoms with Gasteiger partial charge < -0.3 is 15.4 Å². The highest BCUT2D eigenvalue weighted by atomic mass is 16.5. The molecule has 0 unspecified atom stereocenters. The van der Waals surface area contributed by atoms with Crippen molar-refractivity contribution in [3.8, 4) is 5.75 Å². The van der Waals surface area contributed by atoms with Crippen molar-refractivity contribution in [2.75, 3.05) is 19.0 Å². The zero-order valence-electron chi connectivity index (χ0n) is 12.3. The van der Waals surface area contributed by atoms with Crippen LogP contribution in [0.3, 0.4) is 0 Å². The summed E-state index contributed by atoms with van der Waals surface area (Å²) >= 11 is 0. The van der Waals surface area contributed by atoms with Crippen LogP contribution in [0, 0.1) is 0 Å². The van der Waals surface area contributed by atoms with Crippen molar-refractivity contribution >= 4 is 17.5 Å². The summed E-state index contributed by atoms with van der Waals surface area (Å²) in [5.41, 5.74) is 1.57. The van der Waals surface area contributed by atoms with Gasteiger partial charge in [-0.3, -0.25) is 9.59 Å². The monoisotopic (exact) mass is 298 g/mol. The van der Waals surface area contributed by atoms with Crippen molar-refractivity contribution in [1.29, 1.82) is 0 Å². The number of hydrogen-bond acceptors (Lipinski definition) is 3. The van der Waals surface area contributed by atoms with E-state index in [4.69, 9.17) is 4.74 Å². The summed E-state index contributed by atoms with van der Waals surface area (Å²) in [7, 11) is 1.60. The summed E-state index contributed by atoms with van der Waals surface area (Å²) < 4.78 is 5.24. The number of rotatable bonds is 5. The largest absolute Gasteiger partial charge is 0.496 e. The molecule has 5 heteroatoms. The highest BCUT2D eigenvalue weighted by Crippen LogP contribution is 2.17. The van der Waals surface area contributed by atoms with Gasteiger partial charge in [-0.2, -0.15) is 0 Å². The number of hydrogen-bond donors (Lipinski definition) is 2. The number of para-hydroxylation sites is 2. The molecule has 0 bridgehead atoms. The second-order valence-electron chi connectivity index (χ2n) is 4.64. The summed E-state index contributed by atoms with van der Waals surface area (Å²) in [6.07, 6.45) is 0.592. The van der Waals surface area contributed by atoms with Crippen LogP contribution in [0.25, 0.3) is 0 Å². The van der Waals surface area contributed by atoms with Crippen molar-refractivity contribution in [3.05, 3.63) is 60.2 Å². The van der Waals surface area contributed by atoms with Gasteiger partial charge >= 0.3 is 11.8 Å². The van der Waals surface area contributed by atoms with E-state index in [2.05, 4.69) is 10.6 Å². The number of methoxy groups -OCH3 is 1. The van der Waals surface area contributed by atoms with Gasteiger partial charge in [-0.05, 0) is 30.2 Å². The van der Waals surface area contributed by atoms with Gasteiger partial charge in [0.15, 0.2) is 0 Å². The molecule has 5 nitrogen and oxygen atoms in total. The fourth-order valence-corrected chi connectivity index (χ4v) is 2.01. The number of anilines is 1. The second kappa shape index (κ2) is 7.83. The predicted molar refractivity (Wildman–Crippen MR) is 84.8 cm³/mol. The molecule has 2 rings (SSSR count). The van der Waals surface area contributed by atoms with E-state index in [1.165, 1.54) is 0 Å². The van der Waals surface area contributed by atoms with Gasteiger partial charge in [-0.15, -0.1) is 0 Å². The van der Waals surface area contributed by atoms with Gasteiger partial charge in [0.1, 0.15) is 5.75 Å². The van der Waals surface area contributed by atoms with Crippen LogP contribution in [-0.4, -0.2) is 25.5 Å². The molecule has 0 spiro atoms. The summed E-state index contributed by atoms with van der Waals surface area (Å²) in [5, 5.41) is 5.13. The average Bonchev–Trinajstić information content (AvgIpc) is 2.56. The van der Waals surface area contributed by atoms with Crippen molar-refractivity contribution in [2.45, 2.75) is 6.42 Å². The van der Waals surface area contributed by atoms with Crippen LogP contribution in [0.5, 0.6) is 5.75 Å². The number of ether oxygens (including phenoxy) is 1. The molecule has 0 atom stereocenters. The van der Waals surface area contributed by atoms with Gasteiger partial charge in [0, 0.05) is 12.2 Å². The van der Waals surface area contributed by atoms with Crippen molar-refractivity contribution in [1.82, 2.24) is 5.32 Å². The summed E-state index contributed by atoms with van der Waals surface area (Å²) in [6.45, 7) is 0.363. The molecule has 2 amide bonds. The number of benzene rings is 2. The molecule has 2 aromatic carbocycles. The summed E-state index contributed by atoms with van der Waals surface area (Å²) in [4.78, 5) is 23.5. The van der Waals surface area contributed by atoms with Crippen LogP contribution in [0.2, 0.25) is 0 Å². The maximum absolute atomic E-state index is 11.7. The molecule has 2 N–H and O–H groups in total. The van der Waals surface area contributed by atoms with E-state index < -0.39 is 11.8 Å². The van der Waals surface area contributed by atoms with Crippen LogP contribution < -0.4 is 15.4 Å². The van der Waals surface area contributed by atoms with Gasteiger partial charge in [-0.1, -0.05) is 36.4 Å². The van der Waals surface area contributed by atoms with Crippen molar-refractivity contribution in [3.63, 3.8) is 0 Å². The minimum atomic E-state index is -0.675. The van der Waals surface area contributed by atoms with E-state index in [0.29, 0.717) is 18.7 Å². The maximum atomic E-state index is 11.7. The Morgan fingerprint density at radius 2 is 1.64 bits per heavy atom. The van der Waals surface area contributed by atoms with E-state index >= 15 is 0 Å². The zero-order valence-corrected chi connectivity index (χ0v) is 12.3. The average molecular weight is 298 g/mol. The molecule has 22 heavy (non-hydrogen) atoms. The van der Waals surface area contributed by atoms with Crippen LogP contribution in [0.15, 0.2) is 54.6 Å². The lowest BCUT2D eigenvalue weighted by Gasteiger charge is -2.09. The first-order chi connectivity index (χ1) is 10.7. The molecule has 0 aliphatic heterocycles. The Morgan fingerprint density at radius 3 is 2.36 bits per heavy atom. The van der Waals surface area contributed by atoms with E-state index in [9.17, 15) is 9.59 Å². The SMILES string of the molecule is COc1ccccc1CCNC(=O)C(=O)Nc1ccccc1. The third kappa shape index (κ3) is 4.34. The third-order valence-electron chi connectivity index (χ3n) is 3.11. The molecule has 2 aromatic rings. The van der Waals surface area contributed by atoms with Crippen LogP contribution in [0.1, 0.15) is 5.56 Å². The minimum absolute atomic E-state index is 0.363. The Labute approximate surface area is 129 Å². The lowest BCUT2D eigenvalue weighted by atomic mass is 10.1. The Bertz CT molecular complexity index is 641. The molecule has 0 aliphatic rings. The molecule has 0 saturated carbocycles. The first kappa shape index (κ1) is 15.6. The molecule has 114 valence electrons. The van der Waals surface area contributed by atoms with Crippen molar-refractivity contribution in [2.24, 2.45) is 0 Å². The van der Waals surface area contributed by atoms with Crippen LogP contribution in [0.4, 0.5) is 5.69 Å². The van der Waals surface area contributed by atoms with Crippen molar-refractivity contribution < 1.29 is 14.3 Å². The lowest BCUT2D eigenvalue weighted by molar-refractivity contribution is -0.136. The first-order valence-corrected chi connectivity index (χ1v) is 6.97. The quantitative estimate of drug-likeness (QED) is 0.830. The molecular formula is C17H18N2O3. The van der Waals surface area contributed by atoms with Crippen LogP contribution in [-0.2, 0) is 16.0 Å². The normalized spacial score (nSPS) is 9.86. The third-order valence-corrected chi connectivity index (χ3v) is 3.11. The van der Waals surface area contributed by atoms with Gasteiger partial charge in [0.05, 0.1) is 7.11 Å². The Hall–Kier alpha value is -2.82. The lowest BCUT2D eigenvalue weighted by Crippen LogP contribution is -2.36. The van der Waals surface area contributed by atoms with Gasteiger partial charge in [0.2, 0.25) is 0 Å². The standard InChI is InChI=1S/C17H18N2O3/c1-22-15-10-6-5-7-13(15)11-12-18-16(20)17(21)19-14-8-3-2-4-9-14/h2-10H,11-12H2,1H3,(H,18,20)(H,19,21). The highest BCUT2D eigenvalue weighted by molar-refractivity contribution is 6.39. The van der Waals surface area contributed by atoms with E-state index in [1.807, 2.05) is 30.3 Å². The highest BCUT2D eigenvalue weighted by Gasteiger charge is 2.13. The molecule has 0 fully saturated rings. The zero-order chi connectivity index (χ0) is 15.8. The fourth-order valence-electron chi connectivity index (χ4n) is 2.01. The molecule has 0 saturated heterocycles. The number of amides is 2. The molecule has 0 aliphatic carbocycles. The molecule has 0 aromatic heterocycles. The Balaban J connectivity index is 1.81. The van der Waals surface area contributed by atoms with Crippen LogP contribution >= 0.6 is 0 Å². The van der Waals surface area contributed by atoms with E-state index in [0.717, 1.165) is 11.3 Å². The molecule has 0 heterocycles. The Morgan fingerprint density at radius 1 is 0.955 bits per heavy atom. The predicted octanol–water partition coefficient (Wildman–Crippen LogP) is 1.99.